The Morgan fingerprint density at radius 1 is 0.842 bits per heavy atom. The number of fused-ring (bicyclic) bond motifs is 3. The fourth-order valence-electron chi connectivity index (χ4n) is 5.91. The molecule has 0 amide bonds. The molecular weight excluding hydrogens is 492 g/mol. The first-order valence-electron chi connectivity index (χ1n) is 12.7. The van der Waals surface area contributed by atoms with E-state index in [1.807, 2.05) is 89.6 Å². The van der Waals surface area contributed by atoms with Crippen LogP contribution < -0.4 is 9.13 Å². The number of hydrogen-bond donors (Lipinski definition) is 4. The first kappa shape index (κ1) is 25.4. The average molecular weight is 527 g/mol. The van der Waals surface area contributed by atoms with Gasteiger partial charge in [0.15, 0.2) is 18.6 Å². The van der Waals surface area contributed by atoms with Crippen molar-refractivity contribution in [3.63, 3.8) is 0 Å². The minimum atomic E-state index is -1.07. The Balaban J connectivity index is 0.000000140. The summed E-state index contributed by atoms with van der Waals surface area (Å²) in [6, 6.07) is 4.03. The van der Waals surface area contributed by atoms with E-state index in [4.69, 9.17) is 14.2 Å². The van der Waals surface area contributed by atoms with Crippen LogP contribution in [0.4, 0.5) is 0 Å². The van der Waals surface area contributed by atoms with Crippen LogP contribution >= 0.6 is 0 Å². The zero-order valence-corrected chi connectivity index (χ0v) is 21.8. The Morgan fingerprint density at radius 2 is 1.50 bits per heavy atom. The number of aryl methyl sites for hydroxylation is 4. The van der Waals surface area contributed by atoms with Gasteiger partial charge in [-0.3, -0.25) is 0 Å². The van der Waals surface area contributed by atoms with E-state index in [-0.39, 0.29) is 19.3 Å². The van der Waals surface area contributed by atoms with Gasteiger partial charge in [0.1, 0.15) is 50.7 Å². The predicted octanol–water partition coefficient (Wildman–Crippen LogP) is -0.379. The summed E-state index contributed by atoms with van der Waals surface area (Å²) in [5.74, 6) is 0. The molecule has 2 fully saturated rings. The zero-order valence-electron chi connectivity index (χ0n) is 21.8. The highest BCUT2D eigenvalue weighted by Gasteiger charge is 2.46. The second-order valence-corrected chi connectivity index (χ2v) is 10.5. The van der Waals surface area contributed by atoms with E-state index in [2.05, 4.69) is 0 Å². The highest BCUT2D eigenvalue weighted by atomic mass is 16.6. The summed E-state index contributed by atoms with van der Waals surface area (Å²) in [4.78, 5) is 0. The highest BCUT2D eigenvalue weighted by molar-refractivity contribution is 5.86. The topological polar surface area (TPSA) is 126 Å². The van der Waals surface area contributed by atoms with Crippen molar-refractivity contribution in [2.75, 3.05) is 13.2 Å². The standard InChI is InChI=1S/C14H17N2O4.C13H17N2O3/c1-15-4-3-8-10-7(5-16(8)2)12-13(9(17)6-19-12)20-14(18)11(10)15;1-14-4-3-10-8(5-14)9(6-15(10)2)13-12(17)11(16)7-18-13/h3-5,9,12-14,17-18H,6H2,1-2H3;3-6,11-13,16-17H,7H2,1-2H3/q2*+1/t9-,12+,13+,14+;11-,12+,13+/m00/s1. The molecule has 0 aromatic carbocycles. The van der Waals surface area contributed by atoms with Crippen molar-refractivity contribution in [3.05, 3.63) is 59.9 Å². The molecular formula is C27H34N4O7+2. The van der Waals surface area contributed by atoms with Crippen molar-refractivity contribution >= 4 is 21.8 Å². The molecule has 0 radical (unpaired) electrons. The van der Waals surface area contributed by atoms with E-state index in [0.717, 1.165) is 32.9 Å². The molecule has 11 heteroatoms. The summed E-state index contributed by atoms with van der Waals surface area (Å²) >= 11 is 0. The summed E-state index contributed by atoms with van der Waals surface area (Å²) in [7, 11) is 7.75. The first-order chi connectivity index (χ1) is 18.2. The third-order valence-electron chi connectivity index (χ3n) is 7.86. The smallest absolute Gasteiger partial charge is 0.247 e. The minimum Gasteiger partial charge on any atom is -0.388 e. The number of aliphatic hydroxyl groups excluding tert-OH is 4. The molecule has 3 aliphatic rings. The lowest BCUT2D eigenvalue weighted by atomic mass is 10.0. The molecule has 11 nitrogen and oxygen atoms in total. The summed E-state index contributed by atoms with van der Waals surface area (Å²) in [6.07, 6.45) is 5.04. The lowest BCUT2D eigenvalue weighted by Gasteiger charge is -2.19. The summed E-state index contributed by atoms with van der Waals surface area (Å²) in [5, 5.41) is 41.9. The molecule has 2 saturated heterocycles. The van der Waals surface area contributed by atoms with Gasteiger partial charge in [0, 0.05) is 49.7 Å². The maximum Gasteiger partial charge on any atom is 0.247 e. The van der Waals surface area contributed by atoms with Crippen molar-refractivity contribution in [3.8, 4) is 0 Å². The van der Waals surface area contributed by atoms with Crippen LogP contribution in [0.2, 0.25) is 0 Å². The number of rotatable bonds is 1. The van der Waals surface area contributed by atoms with Crippen LogP contribution in [0.15, 0.2) is 43.1 Å². The summed E-state index contributed by atoms with van der Waals surface area (Å²) in [5.41, 5.74) is 4.68. The quantitative estimate of drug-likeness (QED) is 0.249. The van der Waals surface area contributed by atoms with Gasteiger partial charge in [-0.25, -0.2) is 9.13 Å². The minimum absolute atomic E-state index is 0.182. The molecule has 0 aliphatic carbocycles. The number of nitrogens with zero attached hydrogens (tertiary/aromatic N) is 4. The fourth-order valence-corrected chi connectivity index (χ4v) is 5.91. The number of aliphatic hydroxyl groups is 4. The highest BCUT2D eigenvalue weighted by Crippen LogP contribution is 2.42. The number of aromatic nitrogens is 4. The molecule has 3 aliphatic heterocycles. The van der Waals surface area contributed by atoms with E-state index in [1.54, 1.807) is 0 Å². The van der Waals surface area contributed by atoms with Gasteiger partial charge in [0.05, 0.1) is 35.0 Å². The Hall–Kier alpha value is -2.90. The van der Waals surface area contributed by atoms with E-state index in [9.17, 15) is 20.4 Å². The van der Waals surface area contributed by atoms with Crippen LogP contribution in [0, 0.1) is 0 Å². The van der Waals surface area contributed by atoms with Gasteiger partial charge >= 0.3 is 0 Å². The number of ether oxygens (including phenoxy) is 3. The van der Waals surface area contributed by atoms with Crippen molar-refractivity contribution in [1.29, 1.82) is 0 Å². The van der Waals surface area contributed by atoms with Crippen LogP contribution in [0.1, 0.15) is 35.3 Å². The largest absolute Gasteiger partial charge is 0.388 e. The van der Waals surface area contributed by atoms with Crippen LogP contribution in [0.25, 0.3) is 21.8 Å². The second-order valence-electron chi connectivity index (χ2n) is 10.5. The van der Waals surface area contributed by atoms with E-state index >= 15 is 0 Å². The molecule has 7 atom stereocenters. The number of hydrogen-bond acceptors (Lipinski definition) is 7. The van der Waals surface area contributed by atoms with Crippen molar-refractivity contribution in [2.24, 2.45) is 28.2 Å². The average Bonchev–Trinajstić information content (AvgIpc) is 3.58. The normalized spacial score (nSPS) is 30.4. The van der Waals surface area contributed by atoms with Crippen LogP contribution in [-0.2, 0) is 42.4 Å². The number of pyridine rings is 2. The van der Waals surface area contributed by atoms with Gasteiger partial charge in [-0.15, -0.1) is 0 Å². The van der Waals surface area contributed by atoms with E-state index in [1.165, 1.54) is 0 Å². The molecule has 38 heavy (non-hydrogen) atoms. The molecule has 7 heterocycles. The van der Waals surface area contributed by atoms with Crippen LogP contribution in [-0.4, -0.2) is 67.2 Å². The van der Waals surface area contributed by atoms with Gasteiger partial charge in [0.2, 0.25) is 12.0 Å². The molecule has 0 saturated carbocycles. The fraction of sp³-hybridized carbons (Fsp3) is 0.481. The van der Waals surface area contributed by atoms with Crippen molar-refractivity contribution in [1.82, 2.24) is 9.13 Å². The van der Waals surface area contributed by atoms with Gasteiger partial charge in [-0.2, -0.15) is 0 Å². The lowest BCUT2D eigenvalue weighted by molar-refractivity contribution is -0.685. The lowest BCUT2D eigenvalue weighted by Crippen LogP contribution is -2.37. The molecule has 4 aromatic rings. The molecule has 4 aromatic heterocycles. The van der Waals surface area contributed by atoms with Gasteiger partial charge in [-0.1, -0.05) is 0 Å². The molecule has 4 N–H and O–H groups in total. The van der Waals surface area contributed by atoms with Crippen molar-refractivity contribution < 1.29 is 43.8 Å². The summed E-state index contributed by atoms with van der Waals surface area (Å²) < 4.78 is 24.7. The van der Waals surface area contributed by atoms with Crippen LogP contribution in [0.3, 0.4) is 0 Å². The maximum absolute atomic E-state index is 10.4. The molecule has 7 rings (SSSR count). The SMILES string of the molecule is Cn1cc([C@H]2OC[C@H](O)[C@H]2O)c2c[n+](C)ccc21.Cn1cc2c3c([n+](C)ccc31)[C@H](O)O[C@H]1[C@@H]2OC[C@@H]1O. The van der Waals surface area contributed by atoms with Gasteiger partial charge in [0.25, 0.3) is 0 Å². The Bertz CT molecular complexity index is 1510. The molecule has 0 bridgehead atoms. The zero-order chi connectivity index (χ0) is 26.9. The second kappa shape index (κ2) is 9.38. The third-order valence-corrected chi connectivity index (χ3v) is 7.86. The molecule has 0 unspecified atom stereocenters. The van der Waals surface area contributed by atoms with Gasteiger partial charge in [-0.05, 0) is 0 Å². The molecule has 0 spiro atoms. The maximum atomic E-state index is 10.4. The van der Waals surface area contributed by atoms with Crippen LogP contribution in [0.5, 0.6) is 0 Å². The molecule has 202 valence electrons. The van der Waals surface area contributed by atoms with E-state index < -0.39 is 36.8 Å². The van der Waals surface area contributed by atoms with Crippen molar-refractivity contribution in [2.45, 2.75) is 42.9 Å². The summed E-state index contributed by atoms with van der Waals surface area (Å²) in [6.45, 7) is 0.411. The van der Waals surface area contributed by atoms with Gasteiger partial charge < -0.3 is 43.8 Å². The monoisotopic (exact) mass is 526 g/mol. The third kappa shape index (κ3) is 3.93. The Kier molecular flexibility index (Phi) is 6.27. The Morgan fingerprint density at radius 3 is 2.24 bits per heavy atom. The Labute approximate surface area is 219 Å². The first-order valence-corrected chi connectivity index (χ1v) is 12.7. The predicted molar refractivity (Wildman–Crippen MR) is 133 cm³/mol. The van der Waals surface area contributed by atoms with E-state index in [0.29, 0.717) is 5.69 Å².